The van der Waals surface area contributed by atoms with Crippen LogP contribution in [0.25, 0.3) is 0 Å². The lowest BCUT2D eigenvalue weighted by molar-refractivity contribution is 0.451. The third kappa shape index (κ3) is 2.51. The molecule has 3 rings (SSSR count). The van der Waals surface area contributed by atoms with Gasteiger partial charge < -0.3 is 4.74 Å². The molecule has 1 saturated carbocycles. The predicted molar refractivity (Wildman–Crippen MR) is 70.8 cm³/mol. The zero-order valence-electron chi connectivity index (χ0n) is 9.93. The van der Waals surface area contributed by atoms with Crippen LogP contribution < -0.4 is 4.74 Å². The van der Waals surface area contributed by atoms with E-state index in [0.29, 0.717) is 11.8 Å². The number of hydrogen-bond donors (Lipinski definition) is 0. The number of pyridine rings is 1. The Hall–Kier alpha value is -1.49. The van der Waals surface area contributed by atoms with Crippen molar-refractivity contribution in [3.63, 3.8) is 0 Å². The Morgan fingerprint density at radius 1 is 1.33 bits per heavy atom. The Labute approximate surface area is 114 Å². The molecule has 2 heterocycles. The van der Waals surface area contributed by atoms with Crippen molar-refractivity contribution in [2.75, 3.05) is 0 Å². The van der Waals surface area contributed by atoms with Crippen LogP contribution in [0.5, 0.6) is 11.6 Å². The molecular weight excluding hydrogens is 294 g/mol. The molecule has 0 N–H and O–H groups in total. The summed E-state index contributed by atoms with van der Waals surface area (Å²) in [6.07, 6.45) is 4.08. The summed E-state index contributed by atoms with van der Waals surface area (Å²) in [6.45, 7) is 1.91. The van der Waals surface area contributed by atoms with Crippen LogP contribution in [0.15, 0.2) is 29.0 Å². The Morgan fingerprint density at radius 3 is 2.89 bits per heavy atom. The summed E-state index contributed by atoms with van der Waals surface area (Å²) in [4.78, 5) is 13.0. The fourth-order valence-electron chi connectivity index (χ4n) is 1.68. The van der Waals surface area contributed by atoms with Crippen LogP contribution in [0.3, 0.4) is 0 Å². The second-order valence-corrected chi connectivity index (χ2v) is 5.16. The van der Waals surface area contributed by atoms with Crippen molar-refractivity contribution in [3.05, 3.63) is 40.5 Å². The second-order valence-electron chi connectivity index (χ2n) is 4.35. The minimum Gasteiger partial charge on any atom is -0.437 e. The molecule has 1 aliphatic carbocycles. The highest BCUT2D eigenvalue weighted by Gasteiger charge is 2.27. The van der Waals surface area contributed by atoms with Crippen LogP contribution in [0, 0.1) is 6.92 Å². The average Bonchev–Trinajstić information content (AvgIpc) is 3.15. The standard InChI is InChI=1S/C13H12BrN3O/c1-8-10(3-2-6-15-8)18-12-7-11(14)16-13(17-12)9-4-5-9/h2-3,6-7,9H,4-5H2,1H3. The van der Waals surface area contributed by atoms with E-state index in [9.17, 15) is 0 Å². The van der Waals surface area contributed by atoms with Gasteiger partial charge in [0.2, 0.25) is 5.88 Å². The van der Waals surface area contributed by atoms with Gasteiger partial charge >= 0.3 is 0 Å². The summed E-state index contributed by atoms with van der Waals surface area (Å²) in [5, 5.41) is 0. The third-order valence-corrected chi connectivity index (χ3v) is 3.21. The number of aromatic nitrogens is 3. The third-order valence-electron chi connectivity index (χ3n) is 2.80. The first-order valence-electron chi connectivity index (χ1n) is 5.86. The van der Waals surface area contributed by atoms with Crippen molar-refractivity contribution in [2.24, 2.45) is 0 Å². The summed E-state index contributed by atoms with van der Waals surface area (Å²) in [7, 11) is 0. The highest BCUT2D eigenvalue weighted by molar-refractivity contribution is 9.10. The molecule has 0 aromatic carbocycles. The van der Waals surface area contributed by atoms with Gasteiger partial charge in [-0.05, 0) is 47.8 Å². The second kappa shape index (κ2) is 4.65. The lowest BCUT2D eigenvalue weighted by Gasteiger charge is -2.08. The summed E-state index contributed by atoms with van der Waals surface area (Å²) in [5.41, 5.74) is 0.847. The summed E-state index contributed by atoms with van der Waals surface area (Å²) in [6, 6.07) is 5.51. The fraction of sp³-hybridized carbons (Fsp3) is 0.308. The topological polar surface area (TPSA) is 47.9 Å². The molecule has 4 nitrogen and oxygen atoms in total. The molecule has 1 aliphatic rings. The molecule has 2 aromatic rings. The number of aryl methyl sites for hydroxylation is 1. The fourth-order valence-corrected chi connectivity index (χ4v) is 2.06. The normalized spacial score (nSPS) is 14.6. The maximum absolute atomic E-state index is 5.76. The molecule has 0 radical (unpaired) electrons. The lowest BCUT2D eigenvalue weighted by Crippen LogP contribution is -1.97. The molecule has 18 heavy (non-hydrogen) atoms. The smallest absolute Gasteiger partial charge is 0.223 e. The van der Waals surface area contributed by atoms with E-state index in [2.05, 4.69) is 30.9 Å². The molecule has 1 fully saturated rings. The molecule has 0 bridgehead atoms. The van der Waals surface area contributed by atoms with Gasteiger partial charge in [0.15, 0.2) is 5.75 Å². The van der Waals surface area contributed by atoms with Crippen LogP contribution in [0.2, 0.25) is 0 Å². The molecule has 5 heteroatoms. The first kappa shape index (κ1) is 11.6. The van der Waals surface area contributed by atoms with E-state index in [1.165, 1.54) is 12.8 Å². The molecule has 0 saturated heterocycles. The number of ether oxygens (including phenoxy) is 1. The van der Waals surface area contributed by atoms with E-state index >= 15 is 0 Å². The number of rotatable bonds is 3. The maximum Gasteiger partial charge on any atom is 0.223 e. The van der Waals surface area contributed by atoms with E-state index in [-0.39, 0.29) is 0 Å². The Balaban J connectivity index is 1.90. The van der Waals surface area contributed by atoms with E-state index in [1.54, 1.807) is 12.3 Å². The first-order chi connectivity index (χ1) is 8.72. The zero-order chi connectivity index (χ0) is 12.5. The molecular formula is C13H12BrN3O. The van der Waals surface area contributed by atoms with Gasteiger partial charge in [-0.2, -0.15) is 4.98 Å². The monoisotopic (exact) mass is 305 g/mol. The summed E-state index contributed by atoms with van der Waals surface area (Å²) >= 11 is 3.39. The number of nitrogens with zero attached hydrogens (tertiary/aromatic N) is 3. The van der Waals surface area contributed by atoms with Gasteiger partial charge in [-0.3, -0.25) is 4.98 Å². The van der Waals surface area contributed by atoms with E-state index in [1.807, 2.05) is 19.1 Å². The minimum atomic E-state index is 0.500. The molecule has 0 spiro atoms. The minimum absolute atomic E-state index is 0.500. The molecule has 0 amide bonds. The van der Waals surface area contributed by atoms with Crippen molar-refractivity contribution >= 4 is 15.9 Å². The highest BCUT2D eigenvalue weighted by atomic mass is 79.9. The predicted octanol–water partition coefficient (Wildman–Crippen LogP) is 3.61. The SMILES string of the molecule is Cc1ncccc1Oc1cc(Br)nc(C2CC2)n1. The van der Waals surface area contributed by atoms with Gasteiger partial charge in [0, 0.05) is 18.2 Å². The van der Waals surface area contributed by atoms with Crippen molar-refractivity contribution < 1.29 is 4.74 Å². The van der Waals surface area contributed by atoms with E-state index < -0.39 is 0 Å². The average molecular weight is 306 g/mol. The van der Waals surface area contributed by atoms with Crippen LogP contribution in [-0.4, -0.2) is 15.0 Å². The molecule has 0 unspecified atom stereocenters. The Morgan fingerprint density at radius 2 is 2.17 bits per heavy atom. The summed E-state index contributed by atoms with van der Waals surface area (Å²) < 4.78 is 6.53. The van der Waals surface area contributed by atoms with Gasteiger partial charge in [-0.1, -0.05) is 0 Å². The van der Waals surface area contributed by atoms with Crippen molar-refractivity contribution in [1.82, 2.24) is 15.0 Å². The molecule has 0 atom stereocenters. The first-order valence-corrected chi connectivity index (χ1v) is 6.65. The van der Waals surface area contributed by atoms with Gasteiger partial charge in [0.1, 0.15) is 10.4 Å². The van der Waals surface area contributed by atoms with Gasteiger partial charge in [0.25, 0.3) is 0 Å². The van der Waals surface area contributed by atoms with E-state index in [0.717, 1.165) is 21.9 Å². The molecule has 0 aliphatic heterocycles. The quantitative estimate of drug-likeness (QED) is 0.813. The number of halogens is 1. The maximum atomic E-state index is 5.76. The number of hydrogen-bond acceptors (Lipinski definition) is 4. The van der Waals surface area contributed by atoms with Crippen LogP contribution in [-0.2, 0) is 0 Å². The lowest BCUT2D eigenvalue weighted by atomic mass is 10.3. The van der Waals surface area contributed by atoms with Crippen LogP contribution >= 0.6 is 15.9 Å². The Bertz CT molecular complexity index is 584. The summed E-state index contributed by atoms with van der Waals surface area (Å²) in [5.74, 6) is 2.65. The van der Waals surface area contributed by atoms with Gasteiger partial charge in [0.05, 0.1) is 5.69 Å². The highest BCUT2D eigenvalue weighted by Crippen LogP contribution is 2.39. The van der Waals surface area contributed by atoms with Crippen molar-refractivity contribution in [2.45, 2.75) is 25.7 Å². The van der Waals surface area contributed by atoms with Crippen molar-refractivity contribution in [3.8, 4) is 11.6 Å². The van der Waals surface area contributed by atoms with Crippen molar-refractivity contribution in [1.29, 1.82) is 0 Å². The van der Waals surface area contributed by atoms with Gasteiger partial charge in [-0.15, -0.1) is 0 Å². The van der Waals surface area contributed by atoms with Crippen LogP contribution in [0.4, 0.5) is 0 Å². The van der Waals surface area contributed by atoms with Crippen LogP contribution in [0.1, 0.15) is 30.3 Å². The molecule has 92 valence electrons. The molecule has 2 aromatic heterocycles. The van der Waals surface area contributed by atoms with Gasteiger partial charge in [-0.25, -0.2) is 4.98 Å². The zero-order valence-corrected chi connectivity index (χ0v) is 11.5. The van der Waals surface area contributed by atoms with E-state index in [4.69, 9.17) is 4.74 Å². The largest absolute Gasteiger partial charge is 0.437 e. The Kier molecular flexibility index (Phi) is 2.99.